The highest BCUT2D eigenvalue weighted by Crippen LogP contribution is 2.20. The molecule has 0 bridgehead atoms. The van der Waals surface area contributed by atoms with E-state index in [1.165, 1.54) is 18.0 Å². The Hall–Kier alpha value is -3.66. The van der Waals surface area contributed by atoms with E-state index in [2.05, 4.69) is 15.4 Å². The zero-order valence-corrected chi connectivity index (χ0v) is 12.8. The number of aromatic nitrogens is 3. The lowest BCUT2D eigenvalue weighted by atomic mass is 10.2. The third-order valence-electron chi connectivity index (χ3n) is 3.32. The highest BCUT2D eigenvalue weighted by Gasteiger charge is 2.17. The molecule has 1 amide bonds. The summed E-state index contributed by atoms with van der Waals surface area (Å²) in [7, 11) is 1.53. The number of carbonyl (C=O) groups is 1. The number of benzene rings is 1. The highest BCUT2D eigenvalue weighted by atomic mass is 16.5. The van der Waals surface area contributed by atoms with Crippen molar-refractivity contribution in [2.24, 2.45) is 0 Å². The van der Waals surface area contributed by atoms with Crippen molar-refractivity contribution in [1.82, 2.24) is 14.8 Å². The molecule has 2 heterocycles. The average molecular weight is 319 g/mol. The molecule has 0 spiro atoms. The van der Waals surface area contributed by atoms with Crippen LogP contribution in [0.5, 0.6) is 5.75 Å². The smallest absolute Gasteiger partial charge is 0.256 e. The number of nitrogens with one attached hydrogen (secondary N) is 1. The van der Waals surface area contributed by atoms with Crippen molar-refractivity contribution in [2.45, 2.75) is 0 Å². The second-order valence-electron chi connectivity index (χ2n) is 4.80. The van der Waals surface area contributed by atoms with Gasteiger partial charge in [-0.25, -0.2) is 4.98 Å². The summed E-state index contributed by atoms with van der Waals surface area (Å²) in [6, 6.07) is 14.0. The molecule has 2 aromatic heterocycles. The van der Waals surface area contributed by atoms with Crippen molar-refractivity contribution in [3.63, 3.8) is 0 Å². The van der Waals surface area contributed by atoms with Gasteiger partial charge >= 0.3 is 0 Å². The first-order chi connectivity index (χ1) is 11.7. The molecule has 0 saturated heterocycles. The molecule has 24 heavy (non-hydrogen) atoms. The number of ether oxygens (including phenoxy) is 1. The minimum Gasteiger partial charge on any atom is -0.497 e. The Balaban J connectivity index is 1.96. The van der Waals surface area contributed by atoms with Gasteiger partial charge in [0.2, 0.25) is 0 Å². The second-order valence-corrected chi connectivity index (χ2v) is 4.80. The van der Waals surface area contributed by atoms with Crippen LogP contribution < -0.4 is 10.1 Å². The van der Waals surface area contributed by atoms with Crippen LogP contribution in [-0.2, 0) is 0 Å². The first kappa shape index (κ1) is 15.2. The minimum atomic E-state index is -0.372. The molecule has 3 rings (SSSR count). The SMILES string of the molecule is COc1cccc(C(=O)Nc2c(C#N)cnn2-c2ccccn2)c1. The van der Waals surface area contributed by atoms with E-state index in [4.69, 9.17) is 4.74 Å². The molecule has 118 valence electrons. The molecule has 0 aliphatic rings. The third-order valence-corrected chi connectivity index (χ3v) is 3.32. The Labute approximate surface area is 138 Å². The Kier molecular flexibility index (Phi) is 4.21. The summed E-state index contributed by atoms with van der Waals surface area (Å²) in [5.74, 6) is 0.966. The molecule has 0 aliphatic carbocycles. The second kappa shape index (κ2) is 6.62. The lowest BCUT2D eigenvalue weighted by Crippen LogP contribution is -2.16. The fourth-order valence-electron chi connectivity index (χ4n) is 2.15. The van der Waals surface area contributed by atoms with E-state index in [1.807, 2.05) is 6.07 Å². The molecule has 7 nitrogen and oxygen atoms in total. The molecular weight excluding hydrogens is 306 g/mol. The van der Waals surface area contributed by atoms with Crippen LogP contribution in [0.2, 0.25) is 0 Å². The third kappa shape index (κ3) is 2.94. The van der Waals surface area contributed by atoms with Crippen LogP contribution in [0, 0.1) is 11.3 Å². The van der Waals surface area contributed by atoms with Crippen molar-refractivity contribution in [3.8, 4) is 17.6 Å². The van der Waals surface area contributed by atoms with Crippen molar-refractivity contribution in [2.75, 3.05) is 12.4 Å². The van der Waals surface area contributed by atoms with Gasteiger partial charge in [-0.05, 0) is 30.3 Å². The van der Waals surface area contributed by atoms with Crippen LogP contribution in [0.25, 0.3) is 5.82 Å². The molecule has 3 aromatic rings. The monoisotopic (exact) mass is 319 g/mol. The first-order valence-corrected chi connectivity index (χ1v) is 7.08. The van der Waals surface area contributed by atoms with Gasteiger partial charge in [-0.15, -0.1) is 0 Å². The molecule has 0 unspecified atom stereocenters. The number of anilines is 1. The molecule has 0 fully saturated rings. The first-order valence-electron chi connectivity index (χ1n) is 7.08. The van der Waals surface area contributed by atoms with E-state index < -0.39 is 0 Å². The van der Waals surface area contributed by atoms with Gasteiger partial charge in [0.05, 0.1) is 13.3 Å². The van der Waals surface area contributed by atoms with Gasteiger partial charge in [0, 0.05) is 11.8 Å². The number of carbonyl (C=O) groups excluding carboxylic acids is 1. The maximum atomic E-state index is 12.5. The Morgan fingerprint density at radius 1 is 1.29 bits per heavy atom. The summed E-state index contributed by atoms with van der Waals surface area (Å²) in [6.07, 6.45) is 2.99. The zero-order valence-electron chi connectivity index (χ0n) is 12.8. The van der Waals surface area contributed by atoms with Crippen LogP contribution in [0.1, 0.15) is 15.9 Å². The summed E-state index contributed by atoms with van der Waals surface area (Å²) < 4.78 is 6.53. The Bertz CT molecular complexity index is 912. The van der Waals surface area contributed by atoms with Gasteiger partial charge in [-0.2, -0.15) is 15.0 Å². The number of amides is 1. The maximum absolute atomic E-state index is 12.5. The van der Waals surface area contributed by atoms with Gasteiger partial charge in [-0.1, -0.05) is 12.1 Å². The predicted octanol–water partition coefficient (Wildman–Crippen LogP) is 2.40. The Morgan fingerprint density at radius 2 is 2.17 bits per heavy atom. The quantitative estimate of drug-likeness (QED) is 0.797. The molecule has 0 atom stereocenters. The summed E-state index contributed by atoms with van der Waals surface area (Å²) in [6.45, 7) is 0. The lowest BCUT2D eigenvalue weighted by molar-refractivity contribution is 0.102. The molecule has 0 saturated carbocycles. The van der Waals surface area contributed by atoms with Gasteiger partial charge in [-0.3, -0.25) is 4.79 Å². The van der Waals surface area contributed by atoms with Gasteiger partial charge < -0.3 is 10.1 Å². The van der Waals surface area contributed by atoms with E-state index in [-0.39, 0.29) is 17.3 Å². The molecule has 0 radical (unpaired) electrons. The number of methoxy groups -OCH3 is 1. The lowest BCUT2D eigenvalue weighted by Gasteiger charge is -2.09. The van der Waals surface area contributed by atoms with E-state index in [0.717, 1.165) is 0 Å². The van der Waals surface area contributed by atoms with E-state index in [0.29, 0.717) is 17.1 Å². The average Bonchev–Trinajstić information content (AvgIpc) is 3.05. The molecule has 0 aliphatic heterocycles. The fourth-order valence-corrected chi connectivity index (χ4v) is 2.15. The van der Waals surface area contributed by atoms with Crippen LogP contribution in [0.4, 0.5) is 5.82 Å². The van der Waals surface area contributed by atoms with Gasteiger partial charge in [0.1, 0.15) is 17.4 Å². The molecule has 1 aromatic carbocycles. The van der Waals surface area contributed by atoms with Crippen molar-refractivity contribution in [3.05, 3.63) is 66.0 Å². The van der Waals surface area contributed by atoms with Crippen LogP contribution in [0.15, 0.2) is 54.9 Å². The number of nitriles is 1. The van der Waals surface area contributed by atoms with Crippen LogP contribution >= 0.6 is 0 Å². The largest absolute Gasteiger partial charge is 0.497 e. The number of rotatable bonds is 4. The van der Waals surface area contributed by atoms with Crippen molar-refractivity contribution >= 4 is 11.7 Å². The summed E-state index contributed by atoms with van der Waals surface area (Å²) in [5.41, 5.74) is 0.656. The van der Waals surface area contributed by atoms with Crippen molar-refractivity contribution in [1.29, 1.82) is 5.26 Å². The standard InChI is InChI=1S/C17H13N5O2/c1-24-14-6-4-5-12(9-14)17(23)21-16-13(10-18)11-20-22(16)15-7-2-3-8-19-15/h2-9,11H,1H3,(H,21,23). The number of hydrogen-bond acceptors (Lipinski definition) is 5. The predicted molar refractivity (Wildman–Crippen MR) is 87.0 cm³/mol. The van der Waals surface area contributed by atoms with E-state index in [1.54, 1.807) is 48.7 Å². The van der Waals surface area contributed by atoms with E-state index in [9.17, 15) is 10.1 Å². The summed E-state index contributed by atoms with van der Waals surface area (Å²) >= 11 is 0. The number of nitrogens with zero attached hydrogens (tertiary/aromatic N) is 4. The summed E-state index contributed by atoms with van der Waals surface area (Å²) in [4.78, 5) is 16.7. The van der Waals surface area contributed by atoms with Crippen LogP contribution in [0.3, 0.4) is 0 Å². The summed E-state index contributed by atoms with van der Waals surface area (Å²) in [5, 5.41) is 16.1. The Morgan fingerprint density at radius 3 is 2.88 bits per heavy atom. The highest BCUT2D eigenvalue weighted by molar-refractivity contribution is 6.04. The van der Waals surface area contributed by atoms with E-state index >= 15 is 0 Å². The molecular formula is C17H13N5O2. The molecule has 7 heteroatoms. The fraction of sp³-hybridized carbons (Fsp3) is 0.0588. The normalized spacial score (nSPS) is 10.0. The zero-order chi connectivity index (χ0) is 16.9. The van der Waals surface area contributed by atoms with Crippen LogP contribution in [-0.4, -0.2) is 27.8 Å². The van der Waals surface area contributed by atoms with Crippen molar-refractivity contribution < 1.29 is 9.53 Å². The topological polar surface area (TPSA) is 92.8 Å². The maximum Gasteiger partial charge on any atom is 0.256 e. The van der Waals surface area contributed by atoms with Gasteiger partial charge in [0.25, 0.3) is 5.91 Å². The van der Waals surface area contributed by atoms with Gasteiger partial charge in [0.15, 0.2) is 11.6 Å². The molecule has 1 N–H and O–H groups in total. The number of hydrogen-bond donors (Lipinski definition) is 1. The number of pyridine rings is 1. The minimum absolute atomic E-state index is 0.247.